The van der Waals surface area contributed by atoms with Crippen LogP contribution in [0, 0.1) is 6.92 Å². The van der Waals surface area contributed by atoms with Gasteiger partial charge in [-0.2, -0.15) is 0 Å². The largest absolute Gasteiger partial charge is 0.422 e. The van der Waals surface area contributed by atoms with Crippen LogP contribution in [0.1, 0.15) is 24.7 Å². The SMILES string of the molecule is CCCc1nc2onc(C)c2c2c1c(=O)oc1ccc(Br)cc12. The Morgan fingerprint density at radius 3 is 2.83 bits per heavy atom. The molecule has 116 valence electrons. The van der Waals surface area contributed by atoms with E-state index in [1.54, 1.807) is 6.07 Å². The highest BCUT2D eigenvalue weighted by atomic mass is 79.9. The van der Waals surface area contributed by atoms with Crippen LogP contribution in [0.3, 0.4) is 0 Å². The van der Waals surface area contributed by atoms with Crippen LogP contribution in [-0.4, -0.2) is 10.1 Å². The number of pyridine rings is 1. The van der Waals surface area contributed by atoms with Gasteiger partial charge in [0.2, 0.25) is 0 Å². The van der Waals surface area contributed by atoms with E-state index < -0.39 is 0 Å². The first-order chi connectivity index (χ1) is 11.1. The second-order valence-electron chi connectivity index (χ2n) is 5.54. The summed E-state index contributed by atoms with van der Waals surface area (Å²) in [5.41, 5.74) is 2.05. The number of benzene rings is 1. The van der Waals surface area contributed by atoms with Crippen molar-refractivity contribution in [2.75, 3.05) is 0 Å². The van der Waals surface area contributed by atoms with E-state index >= 15 is 0 Å². The molecule has 0 unspecified atom stereocenters. The molecule has 4 rings (SSSR count). The zero-order chi connectivity index (χ0) is 16.1. The lowest BCUT2D eigenvalue weighted by Crippen LogP contribution is -2.06. The number of nitrogens with zero attached hydrogens (tertiary/aromatic N) is 2. The second kappa shape index (κ2) is 5.16. The summed E-state index contributed by atoms with van der Waals surface area (Å²) >= 11 is 3.48. The minimum absolute atomic E-state index is 0.367. The summed E-state index contributed by atoms with van der Waals surface area (Å²) in [6.07, 6.45) is 1.55. The molecule has 0 bridgehead atoms. The molecule has 0 N–H and O–H groups in total. The number of hydrogen-bond donors (Lipinski definition) is 0. The van der Waals surface area contributed by atoms with Crippen molar-refractivity contribution in [2.24, 2.45) is 0 Å². The van der Waals surface area contributed by atoms with E-state index in [0.29, 0.717) is 34.5 Å². The van der Waals surface area contributed by atoms with E-state index in [1.165, 1.54) is 0 Å². The highest BCUT2D eigenvalue weighted by Crippen LogP contribution is 2.34. The summed E-state index contributed by atoms with van der Waals surface area (Å²) in [4.78, 5) is 17.1. The van der Waals surface area contributed by atoms with E-state index in [2.05, 4.69) is 26.1 Å². The highest BCUT2D eigenvalue weighted by molar-refractivity contribution is 9.10. The third-order valence-electron chi connectivity index (χ3n) is 3.97. The minimum atomic E-state index is -0.367. The molecule has 5 nitrogen and oxygen atoms in total. The third-order valence-corrected chi connectivity index (χ3v) is 4.47. The molecule has 0 spiro atoms. The zero-order valence-electron chi connectivity index (χ0n) is 12.6. The fraction of sp³-hybridized carbons (Fsp3) is 0.235. The third kappa shape index (κ3) is 2.09. The van der Waals surface area contributed by atoms with Gasteiger partial charge in [0.05, 0.1) is 22.2 Å². The van der Waals surface area contributed by atoms with Crippen molar-refractivity contribution < 1.29 is 8.94 Å². The fourth-order valence-corrected chi connectivity index (χ4v) is 3.38. The van der Waals surface area contributed by atoms with E-state index in [-0.39, 0.29) is 5.63 Å². The van der Waals surface area contributed by atoms with Crippen LogP contribution in [0.2, 0.25) is 0 Å². The molecule has 3 heterocycles. The molecule has 23 heavy (non-hydrogen) atoms. The lowest BCUT2D eigenvalue weighted by molar-refractivity contribution is 0.442. The molecule has 0 radical (unpaired) electrons. The number of aryl methyl sites for hydroxylation is 2. The van der Waals surface area contributed by atoms with Gasteiger partial charge in [-0.05, 0) is 31.5 Å². The standard InChI is InChI=1S/C17H13BrN2O3/c1-3-4-11-15-14(13-8(2)20-23-16(13)19-11)10-7-9(18)5-6-12(10)22-17(15)21/h5-7H,3-4H2,1-2H3. The molecule has 0 aliphatic rings. The van der Waals surface area contributed by atoms with Gasteiger partial charge in [-0.1, -0.05) is 34.4 Å². The molecule has 4 aromatic rings. The predicted octanol–water partition coefficient (Wildman–Crippen LogP) is 4.51. The van der Waals surface area contributed by atoms with E-state index in [9.17, 15) is 4.79 Å². The van der Waals surface area contributed by atoms with Gasteiger partial charge in [-0.15, -0.1) is 0 Å². The molecule has 6 heteroatoms. The first-order valence-electron chi connectivity index (χ1n) is 7.41. The summed E-state index contributed by atoms with van der Waals surface area (Å²) < 4.78 is 11.8. The molecule has 0 aliphatic carbocycles. The van der Waals surface area contributed by atoms with Gasteiger partial charge in [-0.25, -0.2) is 9.78 Å². The van der Waals surface area contributed by atoms with Gasteiger partial charge in [0, 0.05) is 15.2 Å². The van der Waals surface area contributed by atoms with E-state index in [4.69, 9.17) is 8.94 Å². The summed E-state index contributed by atoms with van der Waals surface area (Å²) in [6.45, 7) is 3.90. The molecule has 0 saturated heterocycles. The molecule has 0 saturated carbocycles. The van der Waals surface area contributed by atoms with Crippen molar-refractivity contribution >= 4 is 48.8 Å². The lowest BCUT2D eigenvalue weighted by atomic mass is 10.0. The van der Waals surface area contributed by atoms with Crippen molar-refractivity contribution in [3.63, 3.8) is 0 Å². The first kappa shape index (κ1) is 14.4. The smallest absolute Gasteiger partial charge is 0.346 e. The maximum absolute atomic E-state index is 12.6. The van der Waals surface area contributed by atoms with Crippen molar-refractivity contribution in [1.82, 2.24) is 10.1 Å². The van der Waals surface area contributed by atoms with Gasteiger partial charge in [-0.3, -0.25) is 0 Å². The molecule has 1 aromatic carbocycles. The Balaban J connectivity index is 2.38. The van der Waals surface area contributed by atoms with Crippen molar-refractivity contribution in [1.29, 1.82) is 0 Å². The molecule has 3 aromatic heterocycles. The number of fused-ring (bicyclic) bond motifs is 5. The number of halogens is 1. The van der Waals surface area contributed by atoms with E-state index in [0.717, 1.165) is 27.1 Å². The van der Waals surface area contributed by atoms with Crippen molar-refractivity contribution in [3.05, 3.63) is 44.5 Å². The summed E-state index contributed by atoms with van der Waals surface area (Å²) in [7, 11) is 0. The molecular formula is C17H13BrN2O3. The van der Waals surface area contributed by atoms with Gasteiger partial charge in [0.25, 0.3) is 5.71 Å². The van der Waals surface area contributed by atoms with Crippen LogP contribution in [0.15, 0.2) is 36.4 Å². The average molecular weight is 373 g/mol. The Hall–Kier alpha value is -2.21. The van der Waals surface area contributed by atoms with Gasteiger partial charge < -0.3 is 8.94 Å². The average Bonchev–Trinajstić information content (AvgIpc) is 2.89. The maximum Gasteiger partial charge on any atom is 0.346 e. The molecule has 0 amide bonds. The van der Waals surface area contributed by atoms with Crippen LogP contribution < -0.4 is 5.63 Å². The molecular weight excluding hydrogens is 360 g/mol. The maximum atomic E-state index is 12.6. The quantitative estimate of drug-likeness (QED) is 0.382. The summed E-state index contributed by atoms with van der Waals surface area (Å²) in [5, 5.41) is 6.98. The monoisotopic (exact) mass is 372 g/mol. The van der Waals surface area contributed by atoms with E-state index in [1.807, 2.05) is 26.0 Å². The Kier molecular flexibility index (Phi) is 3.23. The Bertz CT molecular complexity index is 1130. The second-order valence-corrected chi connectivity index (χ2v) is 6.45. The Morgan fingerprint density at radius 1 is 1.22 bits per heavy atom. The molecule has 0 aliphatic heterocycles. The van der Waals surface area contributed by atoms with Crippen LogP contribution in [0.25, 0.3) is 32.8 Å². The van der Waals surface area contributed by atoms with Crippen LogP contribution in [-0.2, 0) is 6.42 Å². The Morgan fingerprint density at radius 2 is 2.04 bits per heavy atom. The van der Waals surface area contributed by atoms with Gasteiger partial charge in [0.15, 0.2) is 0 Å². The highest BCUT2D eigenvalue weighted by Gasteiger charge is 2.20. The normalized spacial score (nSPS) is 11.8. The number of aromatic nitrogens is 2. The van der Waals surface area contributed by atoms with Gasteiger partial charge >= 0.3 is 5.63 Å². The summed E-state index contributed by atoms with van der Waals surface area (Å²) in [6, 6.07) is 5.58. The fourth-order valence-electron chi connectivity index (χ4n) is 3.01. The minimum Gasteiger partial charge on any atom is -0.422 e. The molecule has 0 fully saturated rings. The number of rotatable bonds is 2. The topological polar surface area (TPSA) is 69.1 Å². The van der Waals surface area contributed by atoms with Crippen LogP contribution in [0.4, 0.5) is 0 Å². The Labute approximate surface area is 139 Å². The van der Waals surface area contributed by atoms with Gasteiger partial charge in [0.1, 0.15) is 5.58 Å². The lowest BCUT2D eigenvalue weighted by Gasteiger charge is -2.08. The number of hydrogen-bond acceptors (Lipinski definition) is 5. The van der Waals surface area contributed by atoms with Crippen molar-refractivity contribution in [2.45, 2.75) is 26.7 Å². The summed E-state index contributed by atoms with van der Waals surface area (Å²) in [5.74, 6) is 0. The first-order valence-corrected chi connectivity index (χ1v) is 8.20. The van der Waals surface area contributed by atoms with Crippen LogP contribution in [0.5, 0.6) is 0 Å². The molecule has 0 atom stereocenters. The predicted molar refractivity (Wildman–Crippen MR) is 91.8 cm³/mol. The van der Waals surface area contributed by atoms with Crippen molar-refractivity contribution in [3.8, 4) is 0 Å². The van der Waals surface area contributed by atoms with Crippen LogP contribution >= 0.6 is 15.9 Å². The zero-order valence-corrected chi connectivity index (χ0v) is 14.2.